The average molecular weight is 405 g/mol. The first-order chi connectivity index (χ1) is 12.5. The number of benzene rings is 1. The maximum atomic E-state index is 12.4. The van der Waals surface area contributed by atoms with Crippen LogP contribution >= 0.6 is 12.4 Å². The molecule has 1 aromatic carbocycles. The third kappa shape index (κ3) is 6.21. The Balaban J connectivity index is 0.00000261. The monoisotopic (exact) mass is 404 g/mol. The SMILES string of the molecule is CCOc1cc(CNC(=O)CC2CC3CCC(C2)N3)ccc1OC(F)F.Cl. The van der Waals surface area contributed by atoms with Crippen molar-refractivity contribution in [1.82, 2.24) is 10.6 Å². The molecule has 2 atom stereocenters. The van der Waals surface area contributed by atoms with Gasteiger partial charge in [0, 0.05) is 25.0 Å². The van der Waals surface area contributed by atoms with Crippen molar-refractivity contribution in [1.29, 1.82) is 0 Å². The normalized spacial score (nSPS) is 23.6. The summed E-state index contributed by atoms with van der Waals surface area (Å²) in [7, 11) is 0. The highest BCUT2D eigenvalue weighted by Crippen LogP contribution is 2.33. The number of rotatable bonds is 8. The number of carbonyl (C=O) groups excluding carboxylic acids is 1. The number of ether oxygens (including phenoxy) is 2. The van der Waals surface area contributed by atoms with Gasteiger partial charge >= 0.3 is 6.61 Å². The van der Waals surface area contributed by atoms with E-state index in [0.717, 1.165) is 18.4 Å². The van der Waals surface area contributed by atoms with Crippen LogP contribution in [0.5, 0.6) is 11.5 Å². The highest BCUT2D eigenvalue weighted by molar-refractivity contribution is 5.85. The second kappa shape index (κ2) is 10.1. The van der Waals surface area contributed by atoms with Crippen molar-refractivity contribution in [2.24, 2.45) is 5.92 Å². The molecule has 2 unspecified atom stereocenters. The number of hydrogen-bond acceptors (Lipinski definition) is 4. The molecule has 8 heteroatoms. The summed E-state index contributed by atoms with van der Waals surface area (Å²) in [6.45, 7) is -0.452. The average Bonchev–Trinajstić information content (AvgIpc) is 2.93. The number of alkyl halides is 2. The van der Waals surface area contributed by atoms with Gasteiger partial charge < -0.3 is 20.1 Å². The lowest BCUT2D eigenvalue weighted by atomic mass is 9.89. The molecule has 0 spiro atoms. The molecule has 27 heavy (non-hydrogen) atoms. The Morgan fingerprint density at radius 3 is 2.59 bits per heavy atom. The van der Waals surface area contributed by atoms with Crippen LogP contribution in [0.25, 0.3) is 0 Å². The third-order valence-corrected chi connectivity index (χ3v) is 5.06. The predicted octanol–water partition coefficient (Wildman–Crippen LogP) is 3.65. The molecular weight excluding hydrogens is 378 g/mol. The summed E-state index contributed by atoms with van der Waals surface area (Å²) in [5.41, 5.74) is 0.786. The van der Waals surface area contributed by atoms with Crippen LogP contribution in [0.1, 0.15) is 44.6 Å². The van der Waals surface area contributed by atoms with Crippen LogP contribution in [-0.4, -0.2) is 31.2 Å². The number of carbonyl (C=O) groups is 1. The van der Waals surface area contributed by atoms with Crippen molar-refractivity contribution in [3.63, 3.8) is 0 Å². The number of hydrogen-bond donors (Lipinski definition) is 2. The lowest BCUT2D eigenvalue weighted by Crippen LogP contribution is -2.39. The summed E-state index contributed by atoms with van der Waals surface area (Å²) in [6, 6.07) is 5.88. The second-order valence-electron chi connectivity index (χ2n) is 7.05. The molecule has 2 fully saturated rings. The summed E-state index contributed by atoms with van der Waals surface area (Å²) in [6.07, 6.45) is 5.11. The van der Waals surface area contributed by atoms with Crippen molar-refractivity contribution >= 4 is 18.3 Å². The quantitative estimate of drug-likeness (QED) is 0.694. The maximum absolute atomic E-state index is 12.4. The summed E-state index contributed by atoms with van der Waals surface area (Å²) in [5.74, 6) is 0.730. The standard InChI is InChI=1S/C19H26F2N2O3.ClH/c1-2-25-17-9-12(3-6-16(17)26-19(20)21)11-22-18(24)10-13-7-14-4-5-15(8-13)23-14;/h3,6,9,13-15,19,23H,2,4-5,7-8,10-11H2,1H3,(H,22,24);1H. The summed E-state index contributed by atoms with van der Waals surface area (Å²) >= 11 is 0. The van der Waals surface area contributed by atoms with E-state index in [1.807, 2.05) is 0 Å². The fourth-order valence-corrected chi connectivity index (χ4v) is 4.00. The molecule has 0 saturated carbocycles. The zero-order chi connectivity index (χ0) is 18.5. The van der Waals surface area contributed by atoms with Gasteiger partial charge in [-0.05, 0) is 56.2 Å². The van der Waals surface area contributed by atoms with Gasteiger partial charge in [-0.3, -0.25) is 4.79 Å². The number of halogens is 3. The molecule has 3 rings (SSSR count). The minimum Gasteiger partial charge on any atom is -0.490 e. The Morgan fingerprint density at radius 1 is 1.26 bits per heavy atom. The van der Waals surface area contributed by atoms with Gasteiger partial charge in [-0.1, -0.05) is 6.07 Å². The van der Waals surface area contributed by atoms with Crippen molar-refractivity contribution in [2.75, 3.05) is 6.61 Å². The van der Waals surface area contributed by atoms with Crippen LogP contribution in [0.3, 0.4) is 0 Å². The van der Waals surface area contributed by atoms with Crippen molar-refractivity contribution in [2.45, 2.75) is 64.3 Å². The molecule has 2 aliphatic heterocycles. The van der Waals surface area contributed by atoms with E-state index < -0.39 is 6.61 Å². The van der Waals surface area contributed by atoms with Crippen LogP contribution < -0.4 is 20.1 Å². The van der Waals surface area contributed by atoms with Gasteiger partial charge in [0.1, 0.15) is 0 Å². The van der Waals surface area contributed by atoms with E-state index in [1.54, 1.807) is 19.1 Å². The molecule has 152 valence electrons. The first-order valence-electron chi connectivity index (χ1n) is 9.26. The Bertz CT molecular complexity index is 621. The van der Waals surface area contributed by atoms with Gasteiger partial charge in [-0.25, -0.2) is 0 Å². The molecule has 2 N–H and O–H groups in total. The van der Waals surface area contributed by atoms with E-state index in [-0.39, 0.29) is 29.8 Å². The molecule has 2 aliphatic rings. The zero-order valence-electron chi connectivity index (χ0n) is 15.4. The van der Waals surface area contributed by atoms with Crippen LogP contribution in [0.15, 0.2) is 18.2 Å². The number of amides is 1. The summed E-state index contributed by atoms with van der Waals surface area (Å²) in [5, 5.41) is 6.50. The topological polar surface area (TPSA) is 59.6 Å². The van der Waals surface area contributed by atoms with Gasteiger partial charge in [0.25, 0.3) is 0 Å². The van der Waals surface area contributed by atoms with Crippen LogP contribution in [0.4, 0.5) is 8.78 Å². The van der Waals surface area contributed by atoms with Crippen molar-refractivity contribution in [3.8, 4) is 11.5 Å². The largest absolute Gasteiger partial charge is 0.490 e. The molecule has 5 nitrogen and oxygen atoms in total. The number of nitrogens with one attached hydrogen (secondary N) is 2. The molecular formula is C19H27ClF2N2O3. The van der Waals surface area contributed by atoms with Crippen LogP contribution in [0, 0.1) is 5.92 Å². The number of fused-ring (bicyclic) bond motifs is 2. The highest BCUT2D eigenvalue weighted by Gasteiger charge is 2.34. The molecule has 0 aromatic heterocycles. The van der Waals surface area contributed by atoms with Crippen molar-refractivity contribution < 1.29 is 23.0 Å². The summed E-state index contributed by atoms with van der Waals surface area (Å²) in [4.78, 5) is 12.3. The van der Waals surface area contributed by atoms with Gasteiger partial charge in [-0.2, -0.15) is 8.78 Å². The minimum atomic E-state index is -2.90. The smallest absolute Gasteiger partial charge is 0.387 e. The number of piperidine rings is 1. The van der Waals surface area contributed by atoms with E-state index in [9.17, 15) is 13.6 Å². The Hall–Kier alpha value is -1.60. The maximum Gasteiger partial charge on any atom is 0.387 e. The molecule has 2 bridgehead atoms. The fourth-order valence-electron chi connectivity index (χ4n) is 4.00. The van der Waals surface area contributed by atoms with Crippen molar-refractivity contribution in [3.05, 3.63) is 23.8 Å². The van der Waals surface area contributed by atoms with Gasteiger partial charge in [0.15, 0.2) is 11.5 Å². The van der Waals surface area contributed by atoms with Gasteiger partial charge in [0.2, 0.25) is 5.91 Å². The van der Waals surface area contributed by atoms with E-state index >= 15 is 0 Å². The molecule has 2 saturated heterocycles. The predicted molar refractivity (Wildman–Crippen MR) is 101 cm³/mol. The van der Waals surface area contributed by atoms with Crippen LogP contribution in [0.2, 0.25) is 0 Å². The Morgan fingerprint density at radius 2 is 1.96 bits per heavy atom. The minimum absolute atomic E-state index is 0. The second-order valence-corrected chi connectivity index (χ2v) is 7.05. The summed E-state index contributed by atoms with van der Waals surface area (Å²) < 4.78 is 34.7. The van der Waals surface area contributed by atoms with Gasteiger partial charge in [0.05, 0.1) is 6.61 Å². The molecule has 1 aromatic rings. The highest BCUT2D eigenvalue weighted by atomic mass is 35.5. The fraction of sp³-hybridized carbons (Fsp3) is 0.632. The van der Waals surface area contributed by atoms with E-state index in [2.05, 4.69) is 15.4 Å². The zero-order valence-corrected chi connectivity index (χ0v) is 16.2. The first kappa shape index (κ1) is 21.7. The Labute approximate surface area is 164 Å². The van der Waals surface area contributed by atoms with E-state index in [4.69, 9.17) is 4.74 Å². The Kier molecular flexibility index (Phi) is 8.10. The van der Waals surface area contributed by atoms with E-state index in [1.165, 1.54) is 18.9 Å². The third-order valence-electron chi connectivity index (χ3n) is 5.06. The lowest BCUT2D eigenvalue weighted by molar-refractivity contribution is -0.122. The first-order valence-corrected chi connectivity index (χ1v) is 9.26. The molecule has 0 radical (unpaired) electrons. The molecule has 2 heterocycles. The van der Waals surface area contributed by atoms with E-state index in [0.29, 0.717) is 37.6 Å². The molecule has 0 aliphatic carbocycles. The van der Waals surface area contributed by atoms with Gasteiger partial charge in [-0.15, -0.1) is 12.4 Å². The van der Waals surface area contributed by atoms with Crippen LogP contribution in [-0.2, 0) is 11.3 Å². The lowest BCUT2D eigenvalue weighted by Gasteiger charge is -2.28. The molecule has 1 amide bonds.